The Hall–Kier alpha value is 1.24. The smallest absolute Gasteiger partial charge is 1.00 e. The van der Waals surface area contributed by atoms with E-state index in [2.05, 4.69) is 12.6 Å². The number of thiol groups is 1. The van der Waals surface area contributed by atoms with Crippen LogP contribution in [0.5, 0.6) is 0 Å². The average Bonchev–Trinajstić information content (AvgIpc) is 1.61. The van der Waals surface area contributed by atoms with Gasteiger partial charge in [-0.05, 0) is 18.6 Å². The molecule has 0 nitrogen and oxygen atoms in total. The van der Waals surface area contributed by atoms with Gasteiger partial charge in [0.05, 0.1) is 0 Å². The van der Waals surface area contributed by atoms with E-state index in [4.69, 9.17) is 11.6 Å². The molecule has 0 bridgehead atoms. The minimum absolute atomic E-state index is 0. The first kappa shape index (κ1) is 11.1. The summed E-state index contributed by atoms with van der Waals surface area (Å²) in [5.41, 5.74) is 0. The second-order valence-electron chi connectivity index (χ2n) is 1.12. The maximum atomic E-state index is 5.35. The molecule has 0 saturated carbocycles. The summed E-state index contributed by atoms with van der Waals surface area (Å²) in [5, 5.41) is 0. The Labute approximate surface area is 69.1 Å². The summed E-state index contributed by atoms with van der Waals surface area (Å²) < 4.78 is 0. The summed E-state index contributed by atoms with van der Waals surface area (Å²) in [6.45, 7) is 0. The monoisotopic (exact) mass is 132 g/mol. The fourth-order valence-corrected chi connectivity index (χ4v) is 0.619. The van der Waals surface area contributed by atoms with Crippen LogP contribution in [0.4, 0.5) is 0 Å². The molecule has 0 aromatic heterocycles. The van der Waals surface area contributed by atoms with Crippen molar-refractivity contribution in [2.24, 2.45) is 0 Å². The molecule has 0 aromatic carbocycles. The summed E-state index contributed by atoms with van der Waals surface area (Å²) in [5.74, 6) is 1.74. The Balaban J connectivity index is -0.000000125. The van der Waals surface area contributed by atoms with Gasteiger partial charge in [0.1, 0.15) is 0 Å². The Morgan fingerprint density at radius 3 is 2.14 bits per heavy atom. The third-order valence-corrected chi connectivity index (χ3v) is 1.13. The van der Waals surface area contributed by atoms with Gasteiger partial charge in [0.2, 0.25) is 0 Å². The van der Waals surface area contributed by atoms with Crippen molar-refractivity contribution in [3.63, 3.8) is 0 Å². The number of rotatable bonds is 3. The van der Waals surface area contributed by atoms with Gasteiger partial charge in [0.25, 0.3) is 0 Å². The van der Waals surface area contributed by atoms with Crippen LogP contribution in [0.25, 0.3) is 0 Å². The average molecular weight is 133 g/mol. The van der Waals surface area contributed by atoms with E-state index < -0.39 is 0 Å². The summed E-state index contributed by atoms with van der Waals surface area (Å²) >= 11 is 9.34. The SMILES string of the molecule is SCCCCCl.[H-].[Li+]. The zero-order valence-electron chi connectivity index (χ0n) is 5.65. The van der Waals surface area contributed by atoms with E-state index in [0.29, 0.717) is 0 Å². The molecule has 0 atom stereocenters. The predicted octanol–water partition coefficient (Wildman–Crippen LogP) is -0.948. The first-order chi connectivity index (χ1) is 2.91. The molecule has 0 aliphatic carbocycles. The van der Waals surface area contributed by atoms with Crippen LogP contribution in [-0.4, -0.2) is 11.6 Å². The number of halogens is 1. The molecule has 0 unspecified atom stereocenters. The van der Waals surface area contributed by atoms with Crippen LogP contribution in [0, 0.1) is 0 Å². The second-order valence-corrected chi connectivity index (χ2v) is 1.94. The summed E-state index contributed by atoms with van der Waals surface area (Å²) in [6.07, 6.45) is 2.25. The van der Waals surface area contributed by atoms with Crippen LogP contribution in [0.3, 0.4) is 0 Å². The largest absolute Gasteiger partial charge is 1.00 e. The molecule has 0 aliphatic rings. The number of hydrogen-bond acceptors (Lipinski definition) is 1. The van der Waals surface area contributed by atoms with Crippen LogP contribution in [0.2, 0.25) is 0 Å². The topological polar surface area (TPSA) is 0 Å². The van der Waals surface area contributed by atoms with Gasteiger partial charge in [0, 0.05) is 5.88 Å². The molecular formula is C4H10ClLiS. The minimum Gasteiger partial charge on any atom is -1.00 e. The maximum absolute atomic E-state index is 5.35. The first-order valence-corrected chi connectivity index (χ1v) is 3.25. The molecule has 0 spiro atoms. The van der Waals surface area contributed by atoms with Gasteiger partial charge in [-0.2, -0.15) is 12.6 Å². The van der Waals surface area contributed by atoms with Crippen molar-refractivity contribution in [1.82, 2.24) is 0 Å². The quantitative estimate of drug-likeness (QED) is 0.218. The summed E-state index contributed by atoms with van der Waals surface area (Å²) in [6, 6.07) is 0. The molecule has 0 aromatic rings. The van der Waals surface area contributed by atoms with Crippen molar-refractivity contribution in [3.8, 4) is 0 Å². The Morgan fingerprint density at radius 2 is 2.00 bits per heavy atom. The van der Waals surface area contributed by atoms with Crippen molar-refractivity contribution in [3.05, 3.63) is 0 Å². The fourth-order valence-electron chi connectivity index (χ4n) is 0.206. The van der Waals surface area contributed by atoms with E-state index in [1.807, 2.05) is 0 Å². The third kappa shape index (κ3) is 11.1. The Morgan fingerprint density at radius 1 is 1.43 bits per heavy atom. The molecule has 0 radical (unpaired) electrons. The normalized spacial score (nSPS) is 7.71. The van der Waals surface area contributed by atoms with E-state index in [-0.39, 0.29) is 20.3 Å². The van der Waals surface area contributed by atoms with Crippen molar-refractivity contribution in [2.75, 3.05) is 11.6 Å². The van der Waals surface area contributed by atoms with Crippen molar-refractivity contribution in [2.45, 2.75) is 12.8 Å². The third-order valence-electron chi connectivity index (χ3n) is 0.542. The molecule has 0 amide bonds. The van der Waals surface area contributed by atoms with E-state index in [9.17, 15) is 0 Å². The summed E-state index contributed by atoms with van der Waals surface area (Å²) in [7, 11) is 0. The van der Waals surface area contributed by atoms with Crippen LogP contribution >= 0.6 is 24.2 Å². The van der Waals surface area contributed by atoms with Crippen LogP contribution in [0.1, 0.15) is 14.3 Å². The molecule has 3 heteroatoms. The molecule has 0 aliphatic heterocycles. The van der Waals surface area contributed by atoms with E-state index in [1.54, 1.807) is 0 Å². The summed E-state index contributed by atoms with van der Waals surface area (Å²) in [4.78, 5) is 0. The van der Waals surface area contributed by atoms with Crippen molar-refractivity contribution < 1.29 is 20.3 Å². The van der Waals surface area contributed by atoms with E-state index in [1.165, 1.54) is 0 Å². The Bertz CT molecular complexity index is 28.0. The van der Waals surface area contributed by atoms with Crippen LogP contribution in [0.15, 0.2) is 0 Å². The number of unbranched alkanes of at least 4 members (excludes halogenated alkanes) is 1. The van der Waals surface area contributed by atoms with E-state index >= 15 is 0 Å². The second kappa shape index (κ2) is 10.3. The molecule has 0 rings (SSSR count). The Kier molecular flexibility index (Phi) is 16.3. The zero-order valence-corrected chi connectivity index (χ0v) is 6.30. The van der Waals surface area contributed by atoms with Crippen molar-refractivity contribution >= 4 is 24.2 Å². The van der Waals surface area contributed by atoms with Gasteiger partial charge in [-0.15, -0.1) is 11.6 Å². The van der Waals surface area contributed by atoms with Gasteiger partial charge in [-0.1, -0.05) is 0 Å². The van der Waals surface area contributed by atoms with Crippen LogP contribution < -0.4 is 18.9 Å². The van der Waals surface area contributed by atoms with Gasteiger partial charge >= 0.3 is 18.9 Å². The van der Waals surface area contributed by atoms with Gasteiger partial charge < -0.3 is 1.43 Å². The van der Waals surface area contributed by atoms with E-state index in [0.717, 1.165) is 24.5 Å². The van der Waals surface area contributed by atoms with Gasteiger partial charge in [-0.25, -0.2) is 0 Å². The van der Waals surface area contributed by atoms with Gasteiger partial charge in [0.15, 0.2) is 0 Å². The fraction of sp³-hybridized carbons (Fsp3) is 1.00. The zero-order chi connectivity index (χ0) is 4.83. The van der Waals surface area contributed by atoms with Crippen molar-refractivity contribution in [1.29, 1.82) is 0 Å². The standard InChI is InChI=1S/C4H9ClS.Li.H/c5-3-1-2-4-6;;/h6H,1-4H2;;/q;+1;-1. The first-order valence-electron chi connectivity index (χ1n) is 2.08. The molecule has 0 fully saturated rings. The molecule has 0 heterocycles. The molecule has 40 valence electrons. The molecule has 7 heavy (non-hydrogen) atoms. The molecular weight excluding hydrogens is 123 g/mol. The van der Waals surface area contributed by atoms with Gasteiger partial charge in [-0.3, -0.25) is 0 Å². The number of alkyl halides is 1. The molecule has 0 N–H and O–H groups in total. The predicted molar refractivity (Wildman–Crippen MR) is 34.9 cm³/mol. The van der Waals surface area contributed by atoms with Crippen LogP contribution in [-0.2, 0) is 0 Å². The molecule has 0 saturated heterocycles. The minimum atomic E-state index is 0. The number of hydrogen-bond donors (Lipinski definition) is 1. The maximum Gasteiger partial charge on any atom is 1.00 e.